The summed E-state index contributed by atoms with van der Waals surface area (Å²) in [6.07, 6.45) is 1.64. The van der Waals surface area contributed by atoms with Crippen LogP contribution in [0.3, 0.4) is 0 Å². The Labute approximate surface area is 105 Å². The van der Waals surface area contributed by atoms with Crippen LogP contribution in [0.5, 0.6) is 0 Å². The smallest absolute Gasteiger partial charge is 0.0519 e. The minimum Gasteiger partial charge on any atom is -0.378 e. The Morgan fingerprint density at radius 3 is 2.76 bits per heavy atom. The molecule has 1 atom stereocenters. The Morgan fingerprint density at radius 1 is 1.29 bits per heavy atom. The lowest BCUT2D eigenvalue weighted by Gasteiger charge is -2.16. The lowest BCUT2D eigenvalue weighted by molar-refractivity contribution is 0.0528. The van der Waals surface area contributed by atoms with E-state index in [-0.39, 0.29) is 0 Å². The molecule has 2 heteroatoms. The number of ether oxygens (including phenoxy) is 1. The molecule has 1 fully saturated rings. The summed E-state index contributed by atoms with van der Waals surface area (Å²) < 4.78 is 5.70. The van der Waals surface area contributed by atoms with E-state index in [0.717, 1.165) is 19.1 Å². The Bertz CT molecular complexity index is 323. The number of nitrogens with zero attached hydrogens (tertiary/aromatic N) is 1. The van der Waals surface area contributed by atoms with Gasteiger partial charge in [0.1, 0.15) is 0 Å². The van der Waals surface area contributed by atoms with E-state index in [2.05, 4.69) is 49.1 Å². The molecule has 1 aliphatic rings. The fourth-order valence-corrected chi connectivity index (χ4v) is 2.36. The standard InChI is InChI=1S/C15H23NO/c1-13(2)17-12-15-8-9-16(11-15)10-14-6-4-3-5-7-14/h3-7,13,15H,8-12H2,1-2H3. The van der Waals surface area contributed by atoms with E-state index in [1.54, 1.807) is 0 Å². The van der Waals surface area contributed by atoms with E-state index < -0.39 is 0 Å². The van der Waals surface area contributed by atoms with E-state index in [4.69, 9.17) is 4.74 Å². The first-order chi connectivity index (χ1) is 8.24. The van der Waals surface area contributed by atoms with E-state index in [1.165, 1.54) is 25.1 Å². The summed E-state index contributed by atoms with van der Waals surface area (Å²) in [7, 11) is 0. The molecule has 1 heterocycles. The molecule has 0 radical (unpaired) electrons. The van der Waals surface area contributed by atoms with Gasteiger partial charge in [-0.1, -0.05) is 30.3 Å². The van der Waals surface area contributed by atoms with Crippen LogP contribution in [0.2, 0.25) is 0 Å². The Balaban J connectivity index is 1.74. The quantitative estimate of drug-likeness (QED) is 0.775. The van der Waals surface area contributed by atoms with Gasteiger partial charge in [0.05, 0.1) is 12.7 Å². The Morgan fingerprint density at radius 2 is 2.06 bits per heavy atom. The first-order valence-electron chi connectivity index (χ1n) is 6.62. The molecule has 0 N–H and O–H groups in total. The summed E-state index contributed by atoms with van der Waals surface area (Å²) in [6, 6.07) is 10.7. The molecule has 0 amide bonds. The fraction of sp³-hybridized carbons (Fsp3) is 0.600. The summed E-state index contributed by atoms with van der Waals surface area (Å²) in [4.78, 5) is 2.53. The average Bonchev–Trinajstić information content (AvgIpc) is 2.75. The third kappa shape index (κ3) is 4.14. The van der Waals surface area contributed by atoms with E-state index in [1.807, 2.05) is 0 Å². The third-order valence-corrected chi connectivity index (χ3v) is 3.28. The summed E-state index contributed by atoms with van der Waals surface area (Å²) in [6.45, 7) is 8.61. The van der Waals surface area contributed by atoms with Crippen LogP contribution in [-0.4, -0.2) is 30.7 Å². The molecule has 0 aliphatic carbocycles. The van der Waals surface area contributed by atoms with Crippen molar-refractivity contribution in [3.8, 4) is 0 Å². The molecule has 2 rings (SSSR count). The van der Waals surface area contributed by atoms with Crippen LogP contribution in [-0.2, 0) is 11.3 Å². The molecule has 94 valence electrons. The fourth-order valence-electron chi connectivity index (χ4n) is 2.36. The van der Waals surface area contributed by atoms with Gasteiger partial charge in [-0.15, -0.1) is 0 Å². The van der Waals surface area contributed by atoms with Gasteiger partial charge in [0.15, 0.2) is 0 Å². The highest BCUT2D eigenvalue weighted by Crippen LogP contribution is 2.19. The zero-order valence-electron chi connectivity index (χ0n) is 10.9. The number of hydrogen-bond acceptors (Lipinski definition) is 2. The molecular formula is C15H23NO. The van der Waals surface area contributed by atoms with Crippen molar-refractivity contribution in [1.82, 2.24) is 4.90 Å². The highest BCUT2D eigenvalue weighted by molar-refractivity contribution is 5.14. The normalized spacial score (nSPS) is 21.2. The van der Waals surface area contributed by atoms with Crippen LogP contribution in [0.4, 0.5) is 0 Å². The maximum atomic E-state index is 5.70. The van der Waals surface area contributed by atoms with E-state index in [0.29, 0.717) is 6.10 Å². The van der Waals surface area contributed by atoms with Crippen LogP contribution in [0, 0.1) is 5.92 Å². The highest BCUT2D eigenvalue weighted by Gasteiger charge is 2.22. The lowest BCUT2D eigenvalue weighted by Crippen LogP contribution is -2.22. The van der Waals surface area contributed by atoms with Crippen LogP contribution in [0.15, 0.2) is 30.3 Å². The van der Waals surface area contributed by atoms with Crippen molar-refractivity contribution in [1.29, 1.82) is 0 Å². The van der Waals surface area contributed by atoms with Crippen molar-refractivity contribution in [2.24, 2.45) is 5.92 Å². The maximum Gasteiger partial charge on any atom is 0.0519 e. The molecule has 1 aromatic carbocycles. The van der Waals surface area contributed by atoms with E-state index >= 15 is 0 Å². The van der Waals surface area contributed by atoms with Crippen molar-refractivity contribution < 1.29 is 4.74 Å². The minimum absolute atomic E-state index is 0.359. The largest absolute Gasteiger partial charge is 0.378 e. The van der Waals surface area contributed by atoms with Crippen LogP contribution in [0.25, 0.3) is 0 Å². The summed E-state index contributed by atoms with van der Waals surface area (Å²) in [5, 5.41) is 0. The predicted octanol–water partition coefficient (Wildman–Crippen LogP) is 2.93. The van der Waals surface area contributed by atoms with Crippen molar-refractivity contribution in [3.63, 3.8) is 0 Å². The summed E-state index contributed by atoms with van der Waals surface area (Å²) >= 11 is 0. The Hall–Kier alpha value is -0.860. The van der Waals surface area contributed by atoms with Crippen molar-refractivity contribution in [2.75, 3.05) is 19.7 Å². The summed E-state index contributed by atoms with van der Waals surface area (Å²) in [5.41, 5.74) is 1.41. The SMILES string of the molecule is CC(C)OCC1CCN(Cc2ccccc2)C1. The van der Waals surface area contributed by atoms with Gasteiger partial charge in [-0.05, 0) is 38.3 Å². The number of benzene rings is 1. The molecule has 0 bridgehead atoms. The molecule has 2 nitrogen and oxygen atoms in total. The van der Waals surface area contributed by atoms with Crippen LogP contribution >= 0.6 is 0 Å². The molecule has 1 aliphatic heterocycles. The van der Waals surface area contributed by atoms with Crippen molar-refractivity contribution in [3.05, 3.63) is 35.9 Å². The lowest BCUT2D eigenvalue weighted by atomic mass is 10.1. The van der Waals surface area contributed by atoms with Gasteiger partial charge >= 0.3 is 0 Å². The molecule has 1 aromatic rings. The molecule has 0 aromatic heterocycles. The van der Waals surface area contributed by atoms with Gasteiger partial charge < -0.3 is 4.74 Å². The number of hydrogen-bond donors (Lipinski definition) is 0. The predicted molar refractivity (Wildman–Crippen MR) is 70.9 cm³/mol. The molecule has 0 saturated carbocycles. The van der Waals surface area contributed by atoms with Gasteiger partial charge in [-0.2, -0.15) is 0 Å². The van der Waals surface area contributed by atoms with Crippen LogP contribution < -0.4 is 0 Å². The molecule has 0 spiro atoms. The van der Waals surface area contributed by atoms with E-state index in [9.17, 15) is 0 Å². The topological polar surface area (TPSA) is 12.5 Å². The zero-order valence-corrected chi connectivity index (χ0v) is 10.9. The molecule has 1 saturated heterocycles. The van der Waals surface area contributed by atoms with Gasteiger partial charge in [-0.25, -0.2) is 0 Å². The van der Waals surface area contributed by atoms with Crippen LogP contribution in [0.1, 0.15) is 25.8 Å². The second-order valence-corrected chi connectivity index (χ2v) is 5.26. The average molecular weight is 233 g/mol. The first kappa shape index (κ1) is 12.6. The highest BCUT2D eigenvalue weighted by atomic mass is 16.5. The summed E-state index contributed by atoms with van der Waals surface area (Å²) in [5.74, 6) is 0.723. The minimum atomic E-state index is 0.359. The van der Waals surface area contributed by atoms with Gasteiger partial charge in [0.25, 0.3) is 0 Å². The first-order valence-corrected chi connectivity index (χ1v) is 6.62. The monoisotopic (exact) mass is 233 g/mol. The number of rotatable bonds is 5. The molecular weight excluding hydrogens is 210 g/mol. The molecule has 1 unspecified atom stereocenters. The molecule has 17 heavy (non-hydrogen) atoms. The maximum absolute atomic E-state index is 5.70. The Kier molecular flexibility index (Phi) is 4.57. The second kappa shape index (κ2) is 6.18. The second-order valence-electron chi connectivity index (χ2n) is 5.26. The van der Waals surface area contributed by atoms with Gasteiger partial charge in [0.2, 0.25) is 0 Å². The van der Waals surface area contributed by atoms with Crippen molar-refractivity contribution in [2.45, 2.75) is 32.9 Å². The third-order valence-electron chi connectivity index (χ3n) is 3.28. The van der Waals surface area contributed by atoms with Gasteiger partial charge in [-0.3, -0.25) is 4.90 Å². The number of likely N-dealkylation sites (tertiary alicyclic amines) is 1. The zero-order chi connectivity index (χ0) is 12.1. The van der Waals surface area contributed by atoms with Crippen molar-refractivity contribution >= 4 is 0 Å². The van der Waals surface area contributed by atoms with Gasteiger partial charge in [0, 0.05) is 13.1 Å².